The summed E-state index contributed by atoms with van der Waals surface area (Å²) in [6.45, 7) is -1.55. The third-order valence-corrected chi connectivity index (χ3v) is 4.68. The topological polar surface area (TPSA) is 69.9 Å². The lowest BCUT2D eigenvalue weighted by molar-refractivity contribution is -0.0495. The minimum atomic E-state index is -2.96. The summed E-state index contributed by atoms with van der Waals surface area (Å²) in [5.74, 6) is 0.994. The number of benzene rings is 1. The van der Waals surface area contributed by atoms with Gasteiger partial charge in [0.25, 0.3) is 0 Å². The molecule has 2 aromatic heterocycles. The largest absolute Gasteiger partial charge is 0.497 e. The van der Waals surface area contributed by atoms with Crippen LogP contribution in [0.15, 0.2) is 36.5 Å². The van der Waals surface area contributed by atoms with Crippen LogP contribution < -0.4 is 14.8 Å². The van der Waals surface area contributed by atoms with Gasteiger partial charge in [-0.05, 0) is 37.1 Å². The number of rotatable bonds is 6. The highest BCUT2D eigenvalue weighted by Crippen LogP contribution is 2.36. The summed E-state index contributed by atoms with van der Waals surface area (Å²) in [4.78, 5) is 0. The summed E-state index contributed by atoms with van der Waals surface area (Å²) >= 11 is 0. The van der Waals surface area contributed by atoms with Crippen LogP contribution in [0.3, 0.4) is 0 Å². The molecule has 1 fully saturated rings. The number of fused-ring (bicyclic) bond motifs is 1. The highest BCUT2D eigenvalue weighted by molar-refractivity contribution is 5.81. The van der Waals surface area contributed by atoms with Crippen molar-refractivity contribution < 1.29 is 23.0 Å². The number of alkyl halides is 2. The van der Waals surface area contributed by atoms with E-state index in [-0.39, 0.29) is 11.8 Å². The first-order valence-corrected chi connectivity index (χ1v) is 8.97. The van der Waals surface area contributed by atoms with Crippen LogP contribution in [0.4, 0.5) is 14.7 Å². The molecule has 7 nitrogen and oxygen atoms in total. The van der Waals surface area contributed by atoms with Crippen LogP contribution in [0, 0.1) is 0 Å². The average Bonchev–Trinajstić information content (AvgIpc) is 3.19. The number of anilines is 1. The van der Waals surface area contributed by atoms with E-state index in [1.807, 2.05) is 22.7 Å². The maximum Gasteiger partial charge on any atom is 0.387 e. The molecule has 1 saturated heterocycles. The van der Waals surface area contributed by atoms with E-state index in [0.717, 1.165) is 18.4 Å². The molecule has 0 saturated carbocycles. The molecule has 1 N–H and O–H groups in total. The minimum Gasteiger partial charge on any atom is -0.497 e. The van der Waals surface area contributed by atoms with Crippen LogP contribution in [0.1, 0.15) is 12.8 Å². The molecule has 148 valence electrons. The van der Waals surface area contributed by atoms with Crippen molar-refractivity contribution in [2.45, 2.75) is 25.5 Å². The number of hydrogen-bond donors (Lipinski definition) is 1. The molecule has 0 aliphatic carbocycles. The molecule has 3 heterocycles. The van der Waals surface area contributed by atoms with Gasteiger partial charge in [0.15, 0.2) is 0 Å². The lowest BCUT2D eigenvalue weighted by Crippen LogP contribution is -2.29. The van der Waals surface area contributed by atoms with E-state index in [0.29, 0.717) is 36.2 Å². The standard InChI is InChI=1S/C19H20F2N4O3/c1-26-13-4-5-14(16(11-13)28-18(20)21)17-15-3-2-8-25(15)19(24-23-17)22-12-6-9-27-10-7-12/h2-5,8,11-12,18H,6-7,9-10H2,1H3,(H,22,24). The molecule has 9 heteroatoms. The van der Waals surface area contributed by atoms with E-state index in [1.54, 1.807) is 12.1 Å². The Bertz CT molecular complexity index is 958. The number of hydrogen-bond acceptors (Lipinski definition) is 6. The minimum absolute atomic E-state index is 0.0168. The molecule has 3 aromatic rings. The first-order chi connectivity index (χ1) is 13.7. The number of halogens is 2. The molecule has 0 amide bonds. The van der Waals surface area contributed by atoms with Crippen LogP contribution >= 0.6 is 0 Å². The molecule has 0 atom stereocenters. The van der Waals surface area contributed by atoms with Crippen LogP contribution in [0.2, 0.25) is 0 Å². The predicted molar refractivity (Wildman–Crippen MR) is 99.1 cm³/mol. The number of nitrogens with one attached hydrogen (secondary N) is 1. The quantitative estimate of drug-likeness (QED) is 0.694. The SMILES string of the molecule is COc1ccc(-c2nnc(NC3CCOCC3)n3cccc23)c(OC(F)F)c1. The molecular formula is C19H20F2N4O3. The first-order valence-electron chi connectivity index (χ1n) is 8.97. The molecule has 1 aliphatic heterocycles. The maximum atomic E-state index is 12.9. The fourth-order valence-electron chi connectivity index (χ4n) is 3.29. The van der Waals surface area contributed by atoms with E-state index in [9.17, 15) is 8.78 Å². The molecule has 4 rings (SSSR count). The van der Waals surface area contributed by atoms with Gasteiger partial charge < -0.3 is 19.5 Å². The highest BCUT2D eigenvalue weighted by atomic mass is 19.3. The maximum absolute atomic E-state index is 12.9. The molecule has 0 spiro atoms. The summed E-state index contributed by atoms with van der Waals surface area (Å²) in [5, 5.41) is 12.0. The summed E-state index contributed by atoms with van der Waals surface area (Å²) in [6.07, 6.45) is 3.63. The van der Waals surface area contributed by atoms with Crippen LogP contribution in [0.5, 0.6) is 11.5 Å². The number of ether oxygens (including phenoxy) is 3. The van der Waals surface area contributed by atoms with E-state index < -0.39 is 6.61 Å². The number of aromatic nitrogens is 3. The Hall–Kier alpha value is -2.94. The van der Waals surface area contributed by atoms with E-state index in [2.05, 4.69) is 15.5 Å². The lowest BCUT2D eigenvalue weighted by Gasteiger charge is -2.24. The Morgan fingerprint density at radius 1 is 1.21 bits per heavy atom. The van der Waals surface area contributed by atoms with Gasteiger partial charge in [-0.3, -0.25) is 4.40 Å². The average molecular weight is 390 g/mol. The van der Waals surface area contributed by atoms with Gasteiger partial charge in [0.05, 0.1) is 12.6 Å². The summed E-state index contributed by atoms with van der Waals surface area (Å²) in [6, 6.07) is 8.68. The Balaban J connectivity index is 1.74. The summed E-state index contributed by atoms with van der Waals surface area (Å²) in [7, 11) is 1.46. The highest BCUT2D eigenvalue weighted by Gasteiger charge is 2.20. The lowest BCUT2D eigenvalue weighted by atomic mass is 10.1. The van der Waals surface area contributed by atoms with E-state index in [1.165, 1.54) is 13.2 Å². The van der Waals surface area contributed by atoms with Crippen molar-refractivity contribution in [1.82, 2.24) is 14.6 Å². The normalized spacial score (nSPS) is 15.1. The van der Waals surface area contributed by atoms with Gasteiger partial charge in [0, 0.05) is 37.1 Å². The number of nitrogens with zero attached hydrogens (tertiary/aromatic N) is 3. The Labute approximate surface area is 160 Å². The van der Waals surface area contributed by atoms with Gasteiger partial charge in [0.1, 0.15) is 17.2 Å². The zero-order chi connectivity index (χ0) is 19.5. The molecular weight excluding hydrogens is 370 g/mol. The van der Waals surface area contributed by atoms with E-state index >= 15 is 0 Å². The van der Waals surface area contributed by atoms with Crippen LogP contribution in [-0.2, 0) is 4.74 Å². The van der Waals surface area contributed by atoms with Gasteiger partial charge in [-0.1, -0.05) is 0 Å². The fourth-order valence-corrected chi connectivity index (χ4v) is 3.29. The van der Waals surface area contributed by atoms with Gasteiger partial charge >= 0.3 is 6.61 Å². The Morgan fingerprint density at radius 2 is 2.04 bits per heavy atom. The zero-order valence-corrected chi connectivity index (χ0v) is 15.3. The van der Waals surface area contributed by atoms with Gasteiger partial charge in [-0.25, -0.2) is 0 Å². The molecule has 0 unspecified atom stereocenters. The van der Waals surface area contributed by atoms with Gasteiger partial charge in [-0.2, -0.15) is 8.78 Å². The molecule has 28 heavy (non-hydrogen) atoms. The molecule has 1 aromatic carbocycles. The molecule has 0 bridgehead atoms. The molecule has 1 aliphatic rings. The molecule has 0 radical (unpaired) electrons. The number of methoxy groups -OCH3 is 1. The second-order valence-corrected chi connectivity index (χ2v) is 6.41. The van der Waals surface area contributed by atoms with Crippen molar-refractivity contribution in [2.75, 3.05) is 25.6 Å². The smallest absolute Gasteiger partial charge is 0.387 e. The summed E-state index contributed by atoms with van der Waals surface area (Å²) in [5.41, 5.74) is 1.59. The van der Waals surface area contributed by atoms with Crippen LogP contribution in [-0.4, -0.2) is 47.6 Å². The first kappa shape index (κ1) is 18.4. The Morgan fingerprint density at radius 3 is 2.79 bits per heavy atom. The fraction of sp³-hybridized carbons (Fsp3) is 0.368. The van der Waals surface area contributed by atoms with Gasteiger partial charge in [-0.15, -0.1) is 10.2 Å². The van der Waals surface area contributed by atoms with Crippen molar-refractivity contribution in [3.63, 3.8) is 0 Å². The summed E-state index contributed by atoms with van der Waals surface area (Å²) < 4.78 is 42.9. The van der Waals surface area contributed by atoms with Crippen molar-refractivity contribution in [1.29, 1.82) is 0 Å². The third kappa shape index (κ3) is 3.70. The second-order valence-electron chi connectivity index (χ2n) is 6.41. The van der Waals surface area contributed by atoms with Crippen molar-refractivity contribution in [3.05, 3.63) is 36.5 Å². The third-order valence-electron chi connectivity index (χ3n) is 4.68. The predicted octanol–water partition coefficient (Wildman–Crippen LogP) is 3.60. The van der Waals surface area contributed by atoms with Crippen LogP contribution in [0.25, 0.3) is 16.8 Å². The van der Waals surface area contributed by atoms with Crippen molar-refractivity contribution in [3.8, 4) is 22.8 Å². The second kappa shape index (κ2) is 7.97. The van der Waals surface area contributed by atoms with Gasteiger partial charge in [0.2, 0.25) is 5.95 Å². The van der Waals surface area contributed by atoms with Crippen molar-refractivity contribution >= 4 is 11.5 Å². The van der Waals surface area contributed by atoms with Crippen molar-refractivity contribution in [2.24, 2.45) is 0 Å². The van der Waals surface area contributed by atoms with E-state index in [4.69, 9.17) is 14.2 Å². The zero-order valence-electron chi connectivity index (χ0n) is 15.3. The Kier molecular flexibility index (Phi) is 5.25. The monoisotopic (exact) mass is 390 g/mol.